The molecule has 0 amide bonds. The zero-order valence-corrected chi connectivity index (χ0v) is 12.6. The molecule has 0 saturated heterocycles. The lowest BCUT2D eigenvalue weighted by atomic mass is 10.0. The number of carbonyl (C=O) groups is 1. The lowest BCUT2D eigenvalue weighted by Crippen LogP contribution is -2.08. The Labute approximate surface area is 125 Å². The highest BCUT2D eigenvalue weighted by atomic mass is 16.1. The van der Waals surface area contributed by atoms with Crippen LogP contribution in [0, 0.1) is 17.8 Å². The van der Waals surface area contributed by atoms with E-state index in [-0.39, 0.29) is 0 Å². The standard InChI is InChI=1S/C18H22N2O/c1-2-20-16-10-6-5-9-14(16)15(19-20)11-17(21)18-12-7-3-4-8-13(12)18/h5-6,9-10,12-13,18H,2-4,7-8,11H2,1H3. The summed E-state index contributed by atoms with van der Waals surface area (Å²) < 4.78 is 2.01. The maximum atomic E-state index is 12.6. The molecular formula is C18H22N2O. The topological polar surface area (TPSA) is 34.9 Å². The Morgan fingerprint density at radius 3 is 2.67 bits per heavy atom. The van der Waals surface area contributed by atoms with Crippen LogP contribution in [0.4, 0.5) is 0 Å². The quantitative estimate of drug-likeness (QED) is 0.858. The van der Waals surface area contributed by atoms with Gasteiger partial charge in [-0.15, -0.1) is 0 Å². The molecule has 2 atom stereocenters. The van der Waals surface area contributed by atoms with Crippen LogP contribution in [0.25, 0.3) is 10.9 Å². The number of carbonyl (C=O) groups excluding carboxylic acids is 1. The molecule has 1 heterocycles. The van der Waals surface area contributed by atoms with Crippen LogP contribution < -0.4 is 0 Å². The van der Waals surface area contributed by atoms with Gasteiger partial charge in [0.1, 0.15) is 5.78 Å². The van der Waals surface area contributed by atoms with Gasteiger partial charge in [0.15, 0.2) is 0 Å². The average Bonchev–Trinajstić information content (AvgIpc) is 3.16. The molecule has 0 aliphatic heterocycles. The zero-order valence-electron chi connectivity index (χ0n) is 12.6. The van der Waals surface area contributed by atoms with Crippen molar-refractivity contribution in [2.75, 3.05) is 0 Å². The van der Waals surface area contributed by atoms with Gasteiger partial charge in [0.2, 0.25) is 0 Å². The van der Waals surface area contributed by atoms with E-state index in [4.69, 9.17) is 0 Å². The van der Waals surface area contributed by atoms with Crippen molar-refractivity contribution in [3.05, 3.63) is 30.0 Å². The molecule has 0 N–H and O–H groups in total. The second-order valence-corrected chi connectivity index (χ2v) is 6.56. The van der Waals surface area contributed by atoms with Crippen molar-refractivity contribution in [1.82, 2.24) is 9.78 Å². The summed E-state index contributed by atoms with van der Waals surface area (Å²) >= 11 is 0. The van der Waals surface area contributed by atoms with Crippen LogP contribution in [0.5, 0.6) is 0 Å². The van der Waals surface area contributed by atoms with Crippen molar-refractivity contribution in [3.8, 4) is 0 Å². The third-order valence-corrected chi connectivity index (χ3v) is 5.40. The van der Waals surface area contributed by atoms with Crippen LogP contribution in [0.15, 0.2) is 24.3 Å². The lowest BCUT2D eigenvalue weighted by molar-refractivity contribution is -0.120. The van der Waals surface area contributed by atoms with Crippen molar-refractivity contribution in [2.24, 2.45) is 17.8 Å². The number of Topliss-reactive ketones (excluding diaryl/α,β-unsaturated/α-hetero) is 1. The number of para-hydroxylation sites is 1. The zero-order chi connectivity index (χ0) is 14.4. The van der Waals surface area contributed by atoms with Crippen molar-refractivity contribution < 1.29 is 4.79 Å². The molecule has 2 saturated carbocycles. The van der Waals surface area contributed by atoms with Gasteiger partial charge in [-0.05, 0) is 37.7 Å². The molecule has 4 rings (SSSR count). The van der Waals surface area contributed by atoms with Crippen LogP contribution in [-0.4, -0.2) is 15.6 Å². The first kappa shape index (κ1) is 13.1. The number of nitrogens with zero attached hydrogens (tertiary/aromatic N) is 2. The predicted octanol–water partition coefficient (Wildman–Crippen LogP) is 3.60. The molecule has 21 heavy (non-hydrogen) atoms. The average molecular weight is 282 g/mol. The summed E-state index contributed by atoms with van der Waals surface area (Å²) in [5.74, 6) is 2.17. The molecule has 3 heteroatoms. The molecule has 2 fully saturated rings. The Hall–Kier alpha value is -1.64. The number of rotatable bonds is 4. The van der Waals surface area contributed by atoms with Crippen LogP contribution >= 0.6 is 0 Å². The molecule has 1 aromatic carbocycles. The van der Waals surface area contributed by atoms with E-state index in [0.29, 0.717) is 30.0 Å². The van der Waals surface area contributed by atoms with Crippen molar-refractivity contribution in [2.45, 2.75) is 45.6 Å². The monoisotopic (exact) mass is 282 g/mol. The largest absolute Gasteiger partial charge is 0.299 e. The number of benzene rings is 1. The molecule has 2 aliphatic carbocycles. The third kappa shape index (κ3) is 2.10. The van der Waals surface area contributed by atoms with Crippen molar-refractivity contribution >= 4 is 16.7 Å². The van der Waals surface area contributed by atoms with E-state index in [1.54, 1.807) is 0 Å². The number of hydrogen-bond acceptors (Lipinski definition) is 2. The van der Waals surface area contributed by atoms with Gasteiger partial charge in [0.05, 0.1) is 17.6 Å². The van der Waals surface area contributed by atoms with E-state index in [9.17, 15) is 4.79 Å². The van der Waals surface area contributed by atoms with Gasteiger partial charge < -0.3 is 0 Å². The lowest BCUT2D eigenvalue weighted by Gasteiger charge is -2.04. The Morgan fingerprint density at radius 1 is 1.24 bits per heavy atom. The summed E-state index contributed by atoms with van der Waals surface area (Å²) in [5.41, 5.74) is 2.12. The first-order valence-corrected chi connectivity index (χ1v) is 8.26. The number of aryl methyl sites for hydroxylation is 1. The van der Waals surface area contributed by atoms with E-state index in [1.807, 2.05) is 16.8 Å². The predicted molar refractivity (Wildman–Crippen MR) is 83.1 cm³/mol. The van der Waals surface area contributed by atoms with Crippen LogP contribution in [-0.2, 0) is 17.8 Å². The molecule has 2 aromatic rings. The fourth-order valence-corrected chi connectivity index (χ4v) is 4.32. The Kier molecular flexibility index (Phi) is 3.09. The highest BCUT2D eigenvalue weighted by Crippen LogP contribution is 2.56. The molecule has 0 bridgehead atoms. The van der Waals surface area contributed by atoms with Gasteiger partial charge in [0, 0.05) is 17.8 Å². The summed E-state index contributed by atoms with van der Waals surface area (Å²) in [7, 11) is 0. The maximum Gasteiger partial charge on any atom is 0.142 e. The molecule has 3 nitrogen and oxygen atoms in total. The van der Waals surface area contributed by atoms with Crippen LogP contribution in [0.1, 0.15) is 38.3 Å². The van der Waals surface area contributed by atoms with Gasteiger partial charge in [-0.1, -0.05) is 31.0 Å². The van der Waals surface area contributed by atoms with E-state index >= 15 is 0 Å². The van der Waals surface area contributed by atoms with Gasteiger partial charge in [-0.3, -0.25) is 9.48 Å². The minimum atomic E-state index is 0.345. The van der Waals surface area contributed by atoms with Gasteiger partial charge in [0.25, 0.3) is 0 Å². The smallest absolute Gasteiger partial charge is 0.142 e. The summed E-state index contributed by atoms with van der Waals surface area (Å²) in [6.07, 6.45) is 5.69. The number of aromatic nitrogens is 2. The summed E-state index contributed by atoms with van der Waals surface area (Å²) in [6, 6.07) is 8.26. The molecule has 2 aliphatic rings. The highest BCUT2D eigenvalue weighted by Gasteiger charge is 2.54. The number of ketones is 1. The third-order valence-electron chi connectivity index (χ3n) is 5.40. The SMILES string of the molecule is CCn1nc(CC(=O)C2C3CCCCC32)c2ccccc21. The maximum absolute atomic E-state index is 12.6. The minimum Gasteiger partial charge on any atom is -0.299 e. The Morgan fingerprint density at radius 2 is 1.95 bits per heavy atom. The highest BCUT2D eigenvalue weighted by molar-refractivity contribution is 5.91. The molecule has 0 spiro atoms. The van der Waals surface area contributed by atoms with Crippen molar-refractivity contribution in [1.29, 1.82) is 0 Å². The summed E-state index contributed by atoms with van der Waals surface area (Å²) in [4.78, 5) is 12.6. The second-order valence-electron chi connectivity index (χ2n) is 6.56. The number of fused-ring (bicyclic) bond motifs is 2. The Bertz CT molecular complexity index is 676. The Balaban J connectivity index is 1.58. The van der Waals surface area contributed by atoms with Gasteiger partial charge in [-0.25, -0.2) is 0 Å². The summed E-state index contributed by atoms with van der Waals surface area (Å²) in [6.45, 7) is 2.95. The molecule has 1 aromatic heterocycles. The molecule has 2 unspecified atom stereocenters. The van der Waals surface area contributed by atoms with E-state index in [1.165, 1.54) is 25.7 Å². The number of hydrogen-bond donors (Lipinski definition) is 0. The fourth-order valence-electron chi connectivity index (χ4n) is 4.32. The van der Waals surface area contributed by atoms with Crippen LogP contribution in [0.3, 0.4) is 0 Å². The summed E-state index contributed by atoms with van der Waals surface area (Å²) in [5, 5.41) is 5.82. The van der Waals surface area contributed by atoms with E-state index in [2.05, 4.69) is 24.2 Å². The van der Waals surface area contributed by atoms with E-state index in [0.717, 1.165) is 23.1 Å². The van der Waals surface area contributed by atoms with Crippen molar-refractivity contribution in [3.63, 3.8) is 0 Å². The van der Waals surface area contributed by atoms with Gasteiger partial charge >= 0.3 is 0 Å². The molecule has 0 radical (unpaired) electrons. The normalized spacial score (nSPS) is 27.6. The molecular weight excluding hydrogens is 260 g/mol. The minimum absolute atomic E-state index is 0.345. The first-order chi connectivity index (χ1) is 10.3. The fraction of sp³-hybridized carbons (Fsp3) is 0.556. The first-order valence-electron chi connectivity index (χ1n) is 8.26. The van der Waals surface area contributed by atoms with E-state index < -0.39 is 0 Å². The second kappa shape index (κ2) is 4.97. The van der Waals surface area contributed by atoms with Crippen LogP contribution in [0.2, 0.25) is 0 Å². The molecule has 110 valence electrons. The van der Waals surface area contributed by atoms with Gasteiger partial charge in [-0.2, -0.15) is 5.10 Å².